The molecule has 0 saturated carbocycles. The zero-order valence-corrected chi connectivity index (χ0v) is 14.5. The normalized spacial score (nSPS) is 11.8. The van der Waals surface area contributed by atoms with Crippen LogP contribution in [0.25, 0.3) is 5.69 Å². The maximum absolute atomic E-state index is 12.7. The second-order valence-electron chi connectivity index (χ2n) is 5.89. The lowest BCUT2D eigenvalue weighted by molar-refractivity contribution is 0.202. The van der Waals surface area contributed by atoms with Crippen molar-refractivity contribution in [3.63, 3.8) is 0 Å². The van der Waals surface area contributed by atoms with Crippen molar-refractivity contribution < 1.29 is 4.79 Å². The van der Waals surface area contributed by atoms with Gasteiger partial charge in [-0.2, -0.15) is 0 Å². The molecule has 5 heteroatoms. The summed E-state index contributed by atoms with van der Waals surface area (Å²) in [5.74, 6) is 0. The van der Waals surface area contributed by atoms with E-state index in [-0.39, 0.29) is 12.1 Å². The molecule has 0 aliphatic heterocycles. The van der Waals surface area contributed by atoms with Gasteiger partial charge in [0.15, 0.2) is 0 Å². The Labute approximate surface area is 147 Å². The van der Waals surface area contributed by atoms with Crippen LogP contribution in [-0.4, -0.2) is 27.5 Å². The van der Waals surface area contributed by atoms with Gasteiger partial charge in [0, 0.05) is 43.2 Å². The van der Waals surface area contributed by atoms with Crippen LogP contribution in [-0.2, 0) is 0 Å². The average Bonchev–Trinajstić information content (AvgIpc) is 3.18. The summed E-state index contributed by atoms with van der Waals surface area (Å²) in [6.45, 7) is 2.07. The molecular weight excluding hydrogens is 312 g/mol. The van der Waals surface area contributed by atoms with Gasteiger partial charge in [0.1, 0.15) is 0 Å². The van der Waals surface area contributed by atoms with Crippen molar-refractivity contribution in [2.75, 3.05) is 12.4 Å². The van der Waals surface area contributed by atoms with Crippen LogP contribution in [0, 0.1) is 0 Å². The first-order valence-corrected chi connectivity index (χ1v) is 8.36. The van der Waals surface area contributed by atoms with Crippen molar-refractivity contribution in [1.82, 2.24) is 14.5 Å². The topological polar surface area (TPSA) is 50.2 Å². The Morgan fingerprint density at radius 1 is 1.16 bits per heavy atom. The van der Waals surface area contributed by atoms with Gasteiger partial charge >= 0.3 is 6.03 Å². The van der Waals surface area contributed by atoms with Gasteiger partial charge in [-0.25, -0.2) is 4.79 Å². The highest BCUT2D eigenvalue weighted by Crippen LogP contribution is 2.23. The monoisotopic (exact) mass is 334 g/mol. The van der Waals surface area contributed by atoms with E-state index >= 15 is 0 Å². The molecule has 25 heavy (non-hydrogen) atoms. The molecule has 5 nitrogen and oxygen atoms in total. The molecule has 0 aliphatic carbocycles. The quantitative estimate of drug-likeness (QED) is 0.747. The Hall–Kier alpha value is -3.08. The SMILES string of the molecule is CCC(c1ccncc1)N(C)C(=O)Nc1cccc(-n2cccc2)c1. The number of hydrogen-bond acceptors (Lipinski definition) is 2. The van der Waals surface area contributed by atoms with Crippen molar-refractivity contribution in [1.29, 1.82) is 0 Å². The predicted octanol–water partition coefficient (Wildman–Crippen LogP) is 4.49. The minimum atomic E-state index is -0.131. The van der Waals surface area contributed by atoms with Crippen LogP contribution < -0.4 is 5.32 Å². The zero-order chi connectivity index (χ0) is 17.6. The van der Waals surface area contributed by atoms with Crippen molar-refractivity contribution in [3.05, 3.63) is 78.9 Å². The van der Waals surface area contributed by atoms with E-state index < -0.39 is 0 Å². The molecule has 1 unspecified atom stereocenters. The molecule has 1 N–H and O–H groups in total. The molecule has 0 saturated heterocycles. The Balaban J connectivity index is 1.74. The molecule has 0 spiro atoms. The molecule has 3 rings (SSSR count). The van der Waals surface area contributed by atoms with Gasteiger partial charge in [0.25, 0.3) is 0 Å². The molecule has 3 aromatic rings. The number of aromatic nitrogens is 2. The minimum absolute atomic E-state index is 0.00984. The summed E-state index contributed by atoms with van der Waals surface area (Å²) in [6, 6.07) is 15.5. The third-order valence-corrected chi connectivity index (χ3v) is 4.27. The lowest BCUT2D eigenvalue weighted by Crippen LogP contribution is -2.34. The number of benzene rings is 1. The lowest BCUT2D eigenvalue weighted by atomic mass is 10.1. The Morgan fingerprint density at radius 3 is 2.56 bits per heavy atom. The number of urea groups is 1. The second-order valence-corrected chi connectivity index (χ2v) is 5.89. The van der Waals surface area contributed by atoms with Gasteiger partial charge in [0.05, 0.1) is 6.04 Å². The maximum atomic E-state index is 12.7. The van der Waals surface area contributed by atoms with E-state index in [0.29, 0.717) is 0 Å². The summed E-state index contributed by atoms with van der Waals surface area (Å²) < 4.78 is 2.01. The first-order valence-electron chi connectivity index (χ1n) is 8.36. The molecule has 2 aromatic heterocycles. The predicted molar refractivity (Wildman–Crippen MR) is 99.8 cm³/mol. The van der Waals surface area contributed by atoms with Crippen molar-refractivity contribution >= 4 is 11.7 Å². The Bertz CT molecular complexity index is 815. The van der Waals surface area contributed by atoms with Crippen LogP contribution in [0.3, 0.4) is 0 Å². The molecule has 0 fully saturated rings. The van der Waals surface area contributed by atoms with Crippen LogP contribution in [0.15, 0.2) is 73.3 Å². The second kappa shape index (κ2) is 7.66. The first-order chi connectivity index (χ1) is 12.2. The largest absolute Gasteiger partial charge is 0.324 e. The van der Waals surface area contributed by atoms with Crippen LogP contribution >= 0.6 is 0 Å². The van der Waals surface area contributed by atoms with Crippen molar-refractivity contribution in [2.24, 2.45) is 0 Å². The highest BCUT2D eigenvalue weighted by molar-refractivity contribution is 5.89. The van der Waals surface area contributed by atoms with E-state index in [1.807, 2.05) is 72.5 Å². The summed E-state index contributed by atoms with van der Waals surface area (Å²) in [6.07, 6.45) is 8.29. The lowest BCUT2D eigenvalue weighted by Gasteiger charge is -2.28. The fraction of sp³-hybridized carbons (Fsp3) is 0.200. The van der Waals surface area contributed by atoms with Gasteiger partial charge in [-0.05, 0) is 54.4 Å². The van der Waals surface area contributed by atoms with E-state index in [2.05, 4.69) is 17.2 Å². The number of nitrogens with one attached hydrogen (secondary N) is 1. The summed E-state index contributed by atoms with van der Waals surface area (Å²) >= 11 is 0. The minimum Gasteiger partial charge on any atom is -0.324 e. The highest BCUT2D eigenvalue weighted by Gasteiger charge is 2.20. The smallest absolute Gasteiger partial charge is 0.322 e. The standard InChI is InChI=1S/C20H22N4O/c1-3-19(16-9-11-21-12-10-16)23(2)20(25)22-17-7-6-8-18(15-17)24-13-4-5-14-24/h4-15,19H,3H2,1-2H3,(H,22,25). The molecular formula is C20H22N4O. The number of hydrogen-bond donors (Lipinski definition) is 1. The third-order valence-electron chi connectivity index (χ3n) is 4.27. The van der Waals surface area contributed by atoms with Gasteiger partial charge in [-0.3, -0.25) is 4.98 Å². The number of carbonyl (C=O) groups is 1. The van der Waals surface area contributed by atoms with E-state index in [1.165, 1.54) is 0 Å². The Kier molecular flexibility index (Phi) is 5.14. The fourth-order valence-corrected chi connectivity index (χ4v) is 2.92. The molecule has 0 radical (unpaired) electrons. The van der Waals surface area contributed by atoms with Crippen LogP contribution in [0.4, 0.5) is 10.5 Å². The molecule has 128 valence electrons. The Morgan fingerprint density at radius 2 is 1.88 bits per heavy atom. The van der Waals surface area contributed by atoms with Crippen LogP contribution in [0.2, 0.25) is 0 Å². The zero-order valence-electron chi connectivity index (χ0n) is 14.5. The van der Waals surface area contributed by atoms with Gasteiger partial charge in [0.2, 0.25) is 0 Å². The van der Waals surface area contributed by atoms with Gasteiger partial charge < -0.3 is 14.8 Å². The van der Waals surface area contributed by atoms with Crippen LogP contribution in [0.5, 0.6) is 0 Å². The van der Waals surface area contributed by atoms with Crippen molar-refractivity contribution in [3.8, 4) is 5.69 Å². The number of amides is 2. The number of rotatable bonds is 5. The highest BCUT2D eigenvalue weighted by atomic mass is 16.2. The van der Waals surface area contributed by atoms with E-state index in [9.17, 15) is 4.79 Å². The average molecular weight is 334 g/mol. The van der Waals surface area contributed by atoms with E-state index in [4.69, 9.17) is 0 Å². The van der Waals surface area contributed by atoms with Crippen LogP contribution in [0.1, 0.15) is 24.9 Å². The first kappa shape index (κ1) is 16.8. The summed E-state index contributed by atoms with van der Waals surface area (Å²) in [5.41, 5.74) is 2.86. The summed E-state index contributed by atoms with van der Waals surface area (Å²) in [4.78, 5) is 18.5. The third kappa shape index (κ3) is 3.88. The fourth-order valence-electron chi connectivity index (χ4n) is 2.92. The molecule has 1 atom stereocenters. The number of anilines is 1. The molecule has 0 aliphatic rings. The van der Waals surface area contributed by atoms with E-state index in [1.54, 1.807) is 17.3 Å². The molecule has 2 heterocycles. The van der Waals surface area contributed by atoms with Crippen molar-refractivity contribution in [2.45, 2.75) is 19.4 Å². The van der Waals surface area contributed by atoms with Gasteiger partial charge in [-0.15, -0.1) is 0 Å². The number of nitrogens with zero attached hydrogens (tertiary/aromatic N) is 3. The number of carbonyl (C=O) groups excluding carboxylic acids is 1. The maximum Gasteiger partial charge on any atom is 0.322 e. The summed E-state index contributed by atoms with van der Waals surface area (Å²) in [5, 5.41) is 2.99. The molecule has 0 bridgehead atoms. The molecule has 2 amide bonds. The molecule has 1 aromatic carbocycles. The summed E-state index contributed by atoms with van der Waals surface area (Å²) in [7, 11) is 1.82. The number of pyridine rings is 1. The van der Waals surface area contributed by atoms with E-state index in [0.717, 1.165) is 23.4 Å². The van der Waals surface area contributed by atoms with Gasteiger partial charge in [-0.1, -0.05) is 13.0 Å².